The lowest BCUT2D eigenvalue weighted by atomic mass is 10.0. The van der Waals surface area contributed by atoms with Crippen molar-refractivity contribution in [3.8, 4) is 17.2 Å². The number of pyridine rings is 1. The van der Waals surface area contributed by atoms with Crippen LogP contribution in [-0.2, 0) is 22.6 Å². The number of hydrogen-bond acceptors (Lipinski definition) is 7. The van der Waals surface area contributed by atoms with Gasteiger partial charge in [0.15, 0.2) is 0 Å². The Morgan fingerprint density at radius 3 is 2.56 bits per heavy atom. The molecule has 0 bridgehead atoms. The van der Waals surface area contributed by atoms with Crippen molar-refractivity contribution in [1.82, 2.24) is 15.2 Å². The smallest absolute Gasteiger partial charge is 0.319 e. The molecular weight excluding hydrogens is 406 g/mol. The number of esters is 1. The molecule has 4 rings (SSSR count). The van der Waals surface area contributed by atoms with E-state index in [2.05, 4.69) is 15.0 Å². The normalized spacial score (nSPS) is 14.4. The lowest BCUT2D eigenvalue weighted by Crippen LogP contribution is -2.30. The van der Waals surface area contributed by atoms with Gasteiger partial charge in [-0.05, 0) is 56.3 Å². The molecule has 2 N–H and O–H groups in total. The van der Waals surface area contributed by atoms with Gasteiger partial charge in [-0.1, -0.05) is 24.6 Å². The Hall–Kier alpha value is -3.16. The summed E-state index contributed by atoms with van der Waals surface area (Å²) in [4.78, 5) is 18.6. The number of nitrogens with zero attached hydrogens (tertiary/aromatic N) is 2. The van der Waals surface area contributed by atoms with Crippen LogP contribution in [0.15, 0.2) is 48.5 Å². The highest BCUT2D eigenvalue weighted by molar-refractivity contribution is 5.91. The molecule has 0 unspecified atom stereocenters. The van der Waals surface area contributed by atoms with Crippen LogP contribution in [0.5, 0.6) is 17.2 Å². The van der Waals surface area contributed by atoms with E-state index in [1.54, 1.807) is 0 Å². The SMILES string of the molecule is COC(=O)CNCc1nc(CN2CCCCC2)c2cc(Oc3ccccc3)ccc2c1O. The second kappa shape index (κ2) is 10.4. The average molecular weight is 436 g/mol. The van der Waals surface area contributed by atoms with Crippen molar-refractivity contribution in [3.05, 3.63) is 59.9 Å². The van der Waals surface area contributed by atoms with E-state index in [1.807, 2.05) is 48.5 Å². The number of piperidine rings is 1. The van der Waals surface area contributed by atoms with Gasteiger partial charge in [0.25, 0.3) is 0 Å². The molecule has 32 heavy (non-hydrogen) atoms. The molecule has 0 spiro atoms. The highest BCUT2D eigenvalue weighted by Crippen LogP contribution is 2.34. The molecule has 1 aliphatic heterocycles. The number of aromatic hydroxyl groups is 1. The van der Waals surface area contributed by atoms with Crippen LogP contribution in [0.2, 0.25) is 0 Å². The molecule has 0 radical (unpaired) electrons. The minimum Gasteiger partial charge on any atom is -0.505 e. The van der Waals surface area contributed by atoms with Crippen LogP contribution in [0, 0.1) is 0 Å². The van der Waals surface area contributed by atoms with E-state index in [1.165, 1.54) is 26.4 Å². The fourth-order valence-electron chi connectivity index (χ4n) is 4.02. The number of benzene rings is 2. The molecule has 2 aromatic carbocycles. The summed E-state index contributed by atoms with van der Waals surface area (Å²) in [6.07, 6.45) is 3.63. The number of para-hydroxylation sites is 1. The number of hydrogen-bond donors (Lipinski definition) is 2. The minimum absolute atomic E-state index is 0.0565. The molecule has 7 heteroatoms. The van der Waals surface area contributed by atoms with Crippen molar-refractivity contribution in [1.29, 1.82) is 0 Å². The second-order valence-corrected chi connectivity index (χ2v) is 7.99. The van der Waals surface area contributed by atoms with Crippen molar-refractivity contribution in [2.24, 2.45) is 0 Å². The van der Waals surface area contributed by atoms with Crippen LogP contribution in [0.1, 0.15) is 30.7 Å². The number of nitrogens with one attached hydrogen (secondary N) is 1. The maximum absolute atomic E-state index is 11.4. The van der Waals surface area contributed by atoms with Gasteiger partial charge in [-0.15, -0.1) is 0 Å². The molecule has 1 aliphatic rings. The molecule has 1 fully saturated rings. The Balaban J connectivity index is 1.66. The number of carbonyl (C=O) groups is 1. The molecule has 0 atom stereocenters. The fraction of sp³-hybridized carbons (Fsp3) is 0.360. The third-order valence-corrected chi connectivity index (χ3v) is 5.69. The lowest BCUT2D eigenvalue weighted by Gasteiger charge is -2.27. The molecule has 0 amide bonds. The number of ether oxygens (including phenoxy) is 2. The van der Waals surface area contributed by atoms with Gasteiger partial charge in [-0.25, -0.2) is 0 Å². The Kier molecular flexibility index (Phi) is 7.19. The Morgan fingerprint density at radius 2 is 1.81 bits per heavy atom. The molecule has 7 nitrogen and oxygen atoms in total. The lowest BCUT2D eigenvalue weighted by molar-refractivity contribution is -0.139. The van der Waals surface area contributed by atoms with Crippen LogP contribution < -0.4 is 10.1 Å². The summed E-state index contributed by atoms with van der Waals surface area (Å²) >= 11 is 0. The number of rotatable bonds is 8. The minimum atomic E-state index is -0.360. The maximum Gasteiger partial charge on any atom is 0.319 e. The second-order valence-electron chi connectivity index (χ2n) is 7.99. The first-order valence-electron chi connectivity index (χ1n) is 11.0. The highest BCUT2D eigenvalue weighted by atomic mass is 16.5. The summed E-state index contributed by atoms with van der Waals surface area (Å²) in [5.41, 5.74) is 1.42. The standard InChI is InChI=1S/C25H29N3O4/c1-31-24(29)16-26-15-22-25(30)20-11-10-19(32-18-8-4-2-5-9-18)14-21(20)23(27-22)17-28-12-6-3-7-13-28/h2,4-5,8-11,14,26,30H,3,6-7,12-13,15-17H2,1H3. The zero-order valence-corrected chi connectivity index (χ0v) is 18.3. The van der Waals surface area contributed by atoms with E-state index < -0.39 is 0 Å². The van der Waals surface area contributed by atoms with Crippen LogP contribution in [-0.4, -0.2) is 47.7 Å². The maximum atomic E-state index is 11.4. The fourth-order valence-corrected chi connectivity index (χ4v) is 4.02. The van der Waals surface area contributed by atoms with Gasteiger partial charge in [0.1, 0.15) is 17.2 Å². The predicted molar refractivity (Wildman–Crippen MR) is 123 cm³/mol. The molecule has 1 saturated heterocycles. The third-order valence-electron chi connectivity index (χ3n) is 5.69. The first kappa shape index (κ1) is 22.0. The van der Waals surface area contributed by atoms with Gasteiger partial charge in [0, 0.05) is 23.9 Å². The van der Waals surface area contributed by atoms with Gasteiger partial charge >= 0.3 is 5.97 Å². The molecule has 0 saturated carbocycles. The zero-order valence-electron chi connectivity index (χ0n) is 18.3. The van der Waals surface area contributed by atoms with Crippen LogP contribution in [0.25, 0.3) is 10.8 Å². The molecule has 0 aliphatic carbocycles. The van der Waals surface area contributed by atoms with Gasteiger partial charge < -0.3 is 19.9 Å². The van der Waals surface area contributed by atoms with Gasteiger partial charge in [0.2, 0.25) is 0 Å². The summed E-state index contributed by atoms with van der Waals surface area (Å²) in [7, 11) is 1.35. The number of carbonyl (C=O) groups excluding carboxylic acids is 1. The Morgan fingerprint density at radius 1 is 1.03 bits per heavy atom. The van der Waals surface area contributed by atoms with Crippen molar-refractivity contribution in [3.63, 3.8) is 0 Å². The van der Waals surface area contributed by atoms with Crippen molar-refractivity contribution in [2.75, 3.05) is 26.7 Å². The third kappa shape index (κ3) is 5.36. The first-order chi connectivity index (χ1) is 15.6. The van der Waals surface area contributed by atoms with Crippen LogP contribution in [0.3, 0.4) is 0 Å². The summed E-state index contributed by atoms with van der Waals surface area (Å²) in [6, 6.07) is 15.3. The number of aromatic nitrogens is 1. The van der Waals surface area contributed by atoms with E-state index in [0.29, 0.717) is 18.0 Å². The Labute approximate surface area is 188 Å². The van der Waals surface area contributed by atoms with Crippen LogP contribution >= 0.6 is 0 Å². The number of likely N-dealkylation sites (tertiary alicyclic amines) is 1. The number of methoxy groups -OCH3 is 1. The largest absolute Gasteiger partial charge is 0.505 e. The average Bonchev–Trinajstić information content (AvgIpc) is 2.83. The molecular formula is C25H29N3O4. The monoisotopic (exact) mass is 435 g/mol. The van der Waals surface area contributed by atoms with Crippen molar-refractivity contribution in [2.45, 2.75) is 32.4 Å². The molecule has 1 aromatic heterocycles. The highest BCUT2D eigenvalue weighted by Gasteiger charge is 2.18. The molecule has 3 aromatic rings. The Bertz CT molecular complexity index is 1070. The topological polar surface area (TPSA) is 83.9 Å². The number of fused-ring (bicyclic) bond motifs is 1. The van der Waals surface area contributed by atoms with E-state index in [4.69, 9.17) is 9.72 Å². The summed E-state index contributed by atoms with van der Waals surface area (Å²) < 4.78 is 10.7. The van der Waals surface area contributed by atoms with Gasteiger partial charge in [-0.2, -0.15) is 0 Å². The van der Waals surface area contributed by atoms with Gasteiger partial charge in [-0.3, -0.25) is 14.7 Å². The van der Waals surface area contributed by atoms with E-state index in [0.717, 1.165) is 35.3 Å². The molecule has 2 heterocycles. The van der Waals surface area contributed by atoms with Crippen LogP contribution in [0.4, 0.5) is 0 Å². The summed E-state index contributed by atoms with van der Waals surface area (Å²) in [5, 5.41) is 15.5. The van der Waals surface area contributed by atoms with Crippen molar-refractivity contribution >= 4 is 16.7 Å². The van der Waals surface area contributed by atoms with E-state index in [9.17, 15) is 9.90 Å². The summed E-state index contributed by atoms with van der Waals surface area (Å²) in [5.74, 6) is 1.21. The quantitative estimate of drug-likeness (QED) is 0.518. The van der Waals surface area contributed by atoms with Crippen molar-refractivity contribution < 1.29 is 19.4 Å². The first-order valence-corrected chi connectivity index (χ1v) is 11.0. The summed E-state index contributed by atoms with van der Waals surface area (Å²) in [6.45, 7) is 3.11. The van der Waals surface area contributed by atoms with E-state index >= 15 is 0 Å². The predicted octanol–water partition coefficient (Wildman–Crippen LogP) is 3.98. The molecule has 168 valence electrons. The van der Waals surface area contributed by atoms with Gasteiger partial charge in [0.05, 0.1) is 25.0 Å². The zero-order chi connectivity index (χ0) is 22.3. The van der Waals surface area contributed by atoms with E-state index in [-0.39, 0.29) is 24.8 Å².